The summed E-state index contributed by atoms with van der Waals surface area (Å²) in [6.07, 6.45) is 0.445. The van der Waals surface area contributed by atoms with Gasteiger partial charge in [-0.3, -0.25) is 15.1 Å². The van der Waals surface area contributed by atoms with Gasteiger partial charge >= 0.3 is 0 Å². The fraction of sp³-hybridized carbons (Fsp3) is 0.889. The molecule has 1 heterocycles. The molecule has 3 N–H and O–H groups in total. The summed E-state index contributed by atoms with van der Waals surface area (Å²) in [4.78, 5) is 13.4. The van der Waals surface area contributed by atoms with Gasteiger partial charge in [-0.25, -0.2) is 5.84 Å². The maximum atomic E-state index is 11.1. The predicted octanol–water partition coefficient (Wildman–Crippen LogP) is -0.524. The molecule has 1 amide bonds. The molecule has 0 spiro atoms. The number of hydrazine groups is 1. The topological polar surface area (TPSA) is 67.6 Å². The van der Waals surface area contributed by atoms with Gasteiger partial charge in [0.25, 0.3) is 0 Å². The Bertz CT molecular complexity index is 198. The van der Waals surface area contributed by atoms with Crippen molar-refractivity contribution < 1.29 is 9.53 Å². The van der Waals surface area contributed by atoms with Gasteiger partial charge in [-0.2, -0.15) is 0 Å². The predicted molar refractivity (Wildman–Crippen MR) is 53.4 cm³/mol. The Balaban J connectivity index is 2.41. The van der Waals surface area contributed by atoms with Crippen LogP contribution in [0.4, 0.5) is 0 Å². The normalized spacial score (nSPS) is 25.8. The third-order valence-electron chi connectivity index (χ3n) is 2.63. The Kier molecular flexibility index (Phi) is 4.31. The van der Waals surface area contributed by atoms with Crippen LogP contribution < -0.4 is 11.3 Å². The van der Waals surface area contributed by atoms with Gasteiger partial charge in [0.2, 0.25) is 5.91 Å². The molecule has 1 aliphatic heterocycles. The molecule has 14 heavy (non-hydrogen) atoms. The fourth-order valence-electron chi connectivity index (χ4n) is 1.84. The first kappa shape index (κ1) is 11.4. The third kappa shape index (κ3) is 2.94. The molecule has 2 unspecified atom stereocenters. The highest BCUT2D eigenvalue weighted by atomic mass is 16.5. The van der Waals surface area contributed by atoms with Gasteiger partial charge in [-0.05, 0) is 13.8 Å². The molecule has 82 valence electrons. The molecule has 1 fully saturated rings. The lowest BCUT2D eigenvalue weighted by molar-refractivity contribution is -0.123. The highest BCUT2D eigenvalue weighted by Gasteiger charge is 2.24. The zero-order valence-electron chi connectivity index (χ0n) is 8.82. The summed E-state index contributed by atoms with van der Waals surface area (Å²) in [6, 6.07) is 0.599. The van der Waals surface area contributed by atoms with E-state index in [-0.39, 0.29) is 11.9 Å². The Hall–Kier alpha value is -0.650. The second-order valence-electron chi connectivity index (χ2n) is 3.78. The van der Waals surface area contributed by atoms with Gasteiger partial charge in [-0.15, -0.1) is 0 Å². The van der Waals surface area contributed by atoms with Crippen LogP contribution in [0.1, 0.15) is 20.3 Å². The van der Waals surface area contributed by atoms with Crippen LogP contribution in [0.5, 0.6) is 0 Å². The van der Waals surface area contributed by atoms with E-state index in [1.807, 2.05) is 6.92 Å². The molecule has 1 saturated heterocycles. The standard InChI is InChI=1S/C9H19N3O2/c1-7(5-9(13)11-10)12-3-4-14-6-8(12)2/h7-8H,3-6,10H2,1-2H3,(H,11,13). The van der Waals surface area contributed by atoms with E-state index in [0.29, 0.717) is 12.5 Å². The molecular formula is C9H19N3O2. The largest absolute Gasteiger partial charge is 0.379 e. The molecule has 5 nitrogen and oxygen atoms in total. The van der Waals surface area contributed by atoms with E-state index < -0.39 is 0 Å². The van der Waals surface area contributed by atoms with E-state index >= 15 is 0 Å². The molecule has 0 aromatic heterocycles. The monoisotopic (exact) mass is 201 g/mol. The first-order chi connectivity index (χ1) is 6.65. The number of hydrogen-bond acceptors (Lipinski definition) is 4. The van der Waals surface area contributed by atoms with Crippen LogP contribution in [0.15, 0.2) is 0 Å². The molecule has 0 bridgehead atoms. The number of nitrogens with one attached hydrogen (secondary N) is 1. The van der Waals surface area contributed by atoms with Crippen LogP contribution in [0.25, 0.3) is 0 Å². The maximum Gasteiger partial charge on any atom is 0.235 e. The second-order valence-corrected chi connectivity index (χ2v) is 3.78. The number of ether oxygens (including phenoxy) is 1. The van der Waals surface area contributed by atoms with Crippen molar-refractivity contribution in [1.29, 1.82) is 0 Å². The average Bonchev–Trinajstić information content (AvgIpc) is 2.18. The van der Waals surface area contributed by atoms with E-state index in [0.717, 1.165) is 19.8 Å². The summed E-state index contributed by atoms with van der Waals surface area (Å²) in [7, 11) is 0. The number of rotatable bonds is 3. The van der Waals surface area contributed by atoms with Crippen molar-refractivity contribution in [3.8, 4) is 0 Å². The van der Waals surface area contributed by atoms with E-state index in [1.165, 1.54) is 0 Å². The maximum absolute atomic E-state index is 11.1. The third-order valence-corrected chi connectivity index (χ3v) is 2.63. The first-order valence-electron chi connectivity index (χ1n) is 4.98. The summed E-state index contributed by atoms with van der Waals surface area (Å²) in [5, 5.41) is 0. The van der Waals surface area contributed by atoms with E-state index in [9.17, 15) is 4.79 Å². The minimum absolute atomic E-state index is 0.115. The fourth-order valence-corrected chi connectivity index (χ4v) is 1.84. The highest BCUT2D eigenvalue weighted by molar-refractivity contribution is 5.75. The van der Waals surface area contributed by atoms with E-state index in [1.54, 1.807) is 0 Å². The summed E-state index contributed by atoms with van der Waals surface area (Å²) >= 11 is 0. The van der Waals surface area contributed by atoms with Crippen molar-refractivity contribution in [3.05, 3.63) is 0 Å². The Labute approximate surface area is 84.5 Å². The number of amides is 1. The van der Waals surface area contributed by atoms with E-state index in [2.05, 4.69) is 17.2 Å². The minimum Gasteiger partial charge on any atom is -0.379 e. The zero-order chi connectivity index (χ0) is 10.6. The molecular weight excluding hydrogens is 182 g/mol. The van der Waals surface area contributed by atoms with Gasteiger partial charge in [0.1, 0.15) is 0 Å². The number of morpholine rings is 1. The summed E-state index contributed by atoms with van der Waals surface area (Å²) in [5.74, 6) is 4.93. The Morgan fingerprint density at radius 3 is 3.07 bits per heavy atom. The van der Waals surface area contributed by atoms with Crippen molar-refractivity contribution in [1.82, 2.24) is 10.3 Å². The van der Waals surface area contributed by atoms with Gasteiger partial charge in [0.15, 0.2) is 0 Å². The van der Waals surface area contributed by atoms with Crippen LogP contribution in [0.2, 0.25) is 0 Å². The SMILES string of the molecule is CC1COCCN1C(C)CC(=O)NN. The molecule has 1 aliphatic rings. The summed E-state index contributed by atoms with van der Waals surface area (Å²) in [6.45, 7) is 6.53. The smallest absolute Gasteiger partial charge is 0.235 e. The Morgan fingerprint density at radius 1 is 1.79 bits per heavy atom. The molecule has 0 aromatic rings. The molecule has 0 aromatic carbocycles. The average molecular weight is 201 g/mol. The van der Waals surface area contributed by atoms with Crippen LogP contribution in [-0.2, 0) is 9.53 Å². The second kappa shape index (κ2) is 5.29. The van der Waals surface area contributed by atoms with Gasteiger partial charge < -0.3 is 4.74 Å². The molecule has 0 radical (unpaired) electrons. The number of nitrogens with two attached hydrogens (primary N) is 1. The van der Waals surface area contributed by atoms with Crippen LogP contribution in [-0.4, -0.2) is 42.6 Å². The first-order valence-corrected chi connectivity index (χ1v) is 4.98. The number of carbonyl (C=O) groups is 1. The van der Waals surface area contributed by atoms with Crippen molar-refractivity contribution in [2.75, 3.05) is 19.8 Å². The minimum atomic E-state index is -0.115. The lowest BCUT2D eigenvalue weighted by Gasteiger charge is -2.37. The van der Waals surface area contributed by atoms with Crippen molar-refractivity contribution in [2.45, 2.75) is 32.4 Å². The van der Waals surface area contributed by atoms with Crippen LogP contribution in [0.3, 0.4) is 0 Å². The highest BCUT2D eigenvalue weighted by Crippen LogP contribution is 2.12. The van der Waals surface area contributed by atoms with Gasteiger partial charge in [0, 0.05) is 25.0 Å². The van der Waals surface area contributed by atoms with E-state index in [4.69, 9.17) is 10.6 Å². The lowest BCUT2D eigenvalue weighted by atomic mass is 10.1. The van der Waals surface area contributed by atoms with Crippen LogP contribution in [0, 0.1) is 0 Å². The molecule has 0 saturated carbocycles. The van der Waals surface area contributed by atoms with Crippen LogP contribution >= 0.6 is 0 Å². The molecule has 2 atom stereocenters. The Morgan fingerprint density at radius 2 is 2.50 bits per heavy atom. The van der Waals surface area contributed by atoms with Crippen molar-refractivity contribution in [2.24, 2.45) is 5.84 Å². The quantitative estimate of drug-likeness (QED) is 0.366. The number of nitrogens with zero attached hydrogens (tertiary/aromatic N) is 1. The van der Waals surface area contributed by atoms with Crippen molar-refractivity contribution >= 4 is 5.91 Å². The summed E-state index contributed by atoms with van der Waals surface area (Å²) in [5.41, 5.74) is 2.15. The lowest BCUT2D eigenvalue weighted by Crippen LogP contribution is -2.49. The molecule has 5 heteroatoms. The zero-order valence-corrected chi connectivity index (χ0v) is 8.82. The van der Waals surface area contributed by atoms with Gasteiger partial charge in [-0.1, -0.05) is 0 Å². The molecule has 1 rings (SSSR count). The van der Waals surface area contributed by atoms with Gasteiger partial charge in [0.05, 0.1) is 13.2 Å². The number of carbonyl (C=O) groups excluding carboxylic acids is 1. The van der Waals surface area contributed by atoms with Crippen molar-refractivity contribution in [3.63, 3.8) is 0 Å². The number of hydrogen-bond donors (Lipinski definition) is 2. The summed E-state index contributed by atoms with van der Waals surface area (Å²) < 4.78 is 5.33. The molecule has 0 aliphatic carbocycles.